The molecule has 1 fully saturated rings. The van der Waals surface area contributed by atoms with Crippen molar-refractivity contribution in [1.29, 1.82) is 0 Å². The predicted molar refractivity (Wildman–Crippen MR) is 60.8 cm³/mol. The molecule has 1 N–H and O–H groups in total. The molecule has 1 aromatic heterocycles. The quantitative estimate of drug-likeness (QED) is 0.746. The Morgan fingerprint density at radius 1 is 1.50 bits per heavy atom. The van der Waals surface area contributed by atoms with E-state index in [1.54, 1.807) is 10.4 Å². The summed E-state index contributed by atoms with van der Waals surface area (Å²) in [5.41, 5.74) is 2.16. The van der Waals surface area contributed by atoms with E-state index in [1.165, 1.54) is 19.4 Å². The van der Waals surface area contributed by atoms with Crippen LogP contribution in [0.25, 0.3) is 0 Å². The van der Waals surface area contributed by atoms with Crippen LogP contribution in [-0.4, -0.2) is 6.54 Å². The molecule has 2 aliphatic rings. The van der Waals surface area contributed by atoms with Crippen molar-refractivity contribution in [2.75, 3.05) is 6.54 Å². The molecule has 14 heavy (non-hydrogen) atoms. The zero-order valence-electron chi connectivity index (χ0n) is 8.84. The third kappa shape index (κ3) is 1.10. The summed E-state index contributed by atoms with van der Waals surface area (Å²) >= 11 is 1.98. The zero-order chi connectivity index (χ0) is 9.76. The number of fused-ring (bicyclic) bond motifs is 2. The van der Waals surface area contributed by atoms with Crippen LogP contribution in [0.1, 0.15) is 43.2 Å². The molecule has 1 aliphatic carbocycles. The van der Waals surface area contributed by atoms with Crippen LogP contribution in [0, 0.1) is 5.92 Å². The summed E-state index contributed by atoms with van der Waals surface area (Å²) in [6, 6.07) is 2.93. The van der Waals surface area contributed by atoms with E-state index in [-0.39, 0.29) is 0 Å². The lowest BCUT2D eigenvalue weighted by Gasteiger charge is -2.32. The molecule has 0 saturated heterocycles. The number of nitrogens with one attached hydrogen (secondary N) is 1. The summed E-state index contributed by atoms with van der Waals surface area (Å²) < 4.78 is 0. The largest absolute Gasteiger partial charge is 0.309 e. The van der Waals surface area contributed by atoms with Gasteiger partial charge in [-0.25, -0.2) is 0 Å². The molecule has 1 aromatic rings. The maximum absolute atomic E-state index is 3.72. The van der Waals surface area contributed by atoms with E-state index in [9.17, 15) is 0 Å². The van der Waals surface area contributed by atoms with Crippen LogP contribution >= 0.6 is 11.3 Å². The number of thiophene rings is 1. The van der Waals surface area contributed by atoms with Gasteiger partial charge in [-0.2, -0.15) is 0 Å². The Bertz CT molecular complexity index is 349. The Kier molecular flexibility index (Phi) is 1.80. The van der Waals surface area contributed by atoms with Crippen molar-refractivity contribution in [3.63, 3.8) is 0 Å². The van der Waals surface area contributed by atoms with E-state index < -0.39 is 0 Å². The molecule has 2 heterocycles. The third-order valence-electron chi connectivity index (χ3n) is 3.69. The summed E-state index contributed by atoms with van der Waals surface area (Å²) in [6.07, 6.45) is 2.80. The van der Waals surface area contributed by atoms with Gasteiger partial charge in [-0.05, 0) is 35.8 Å². The van der Waals surface area contributed by atoms with Crippen molar-refractivity contribution in [1.82, 2.24) is 5.32 Å². The van der Waals surface area contributed by atoms with Crippen LogP contribution in [0.2, 0.25) is 0 Å². The third-order valence-corrected chi connectivity index (χ3v) is 4.87. The van der Waals surface area contributed by atoms with Gasteiger partial charge >= 0.3 is 0 Å². The average Bonchev–Trinajstić information content (AvgIpc) is 2.75. The Hall–Kier alpha value is -0.340. The Labute approximate surface area is 89.5 Å². The standard InChI is InChI=1S/C12H17NS/c1-8(2)10-9-3-6-14-11(9)12(4-5-12)7-13-10/h3,6,8,10,13H,4-5,7H2,1-2H3. The molecule has 1 nitrogen and oxygen atoms in total. The minimum Gasteiger partial charge on any atom is -0.309 e. The number of hydrogen-bond acceptors (Lipinski definition) is 2. The topological polar surface area (TPSA) is 12.0 Å². The lowest BCUT2D eigenvalue weighted by Crippen LogP contribution is -2.38. The molecule has 1 unspecified atom stereocenters. The van der Waals surface area contributed by atoms with E-state index in [4.69, 9.17) is 0 Å². The van der Waals surface area contributed by atoms with Crippen molar-refractivity contribution >= 4 is 11.3 Å². The van der Waals surface area contributed by atoms with Crippen LogP contribution in [0.3, 0.4) is 0 Å². The molecule has 1 atom stereocenters. The maximum Gasteiger partial charge on any atom is 0.0354 e. The maximum atomic E-state index is 3.72. The molecular weight excluding hydrogens is 190 g/mol. The SMILES string of the molecule is CC(C)C1NCC2(CC2)c2sccc21. The highest BCUT2D eigenvalue weighted by Crippen LogP contribution is 2.54. The van der Waals surface area contributed by atoms with Gasteiger partial charge in [-0.3, -0.25) is 0 Å². The van der Waals surface area contributed by atoms with Gasteiger partial charge in [-0.1, -0.05) is 13.8 Å². The van der Waals surface area contributed by atoms with Gasteiger partial charge in [0.25, 0.3) is 0 Å². The first-order chi connectivity index (χ1) is 6.73. The van der Waals surface area contributed by atoms with Crippen LogP contribution in [0.5, 0.6) is 0 Å². The Morgan fingerprint density at radius 3 is 2.93 bits per heavy atom. The Morgan fingerprint density at radius 2 is 2.29 bits per heavy atom. The van der Waals surface area contributed by atoms with Crippen molar-refractivity contribution in [3.8, 4) is 0 Å². The monoisotopic (exact) mass is 207 g/mol. The van der Waals surface area contributed by atoms with E-state index in [1.807, 2.05) is 11.3 Å². The van der Waals surface area contributed by atoms with Crippen molar-refractivity contribution < 1.29 is 0 Å². The average molecular weight is 207 g/mol. The molecule has 0 amide bonds. The second kappa shape index (κ2) is 2.83. The summed E-state index contributed by atoms with van der Waals surface area (Å²) in [4.78, 5) is 1.69. The van der Waals surface area contributed by atoms with Crippen molar-refractivity contribution in [3.05, 3.63) is 21.9 Å². The van der Waals surface area contributed by atoms with Crippen LogP contribution in [0.15, 0.2) is 11.4 Å². The van der Waals surface area contributed by atoms with Gasteiger partial charge < -0.3 is 5.32 Å². The minimum atomic E-state index is 0.564. The van der Waals surface area contributed by atoms with Crippen LogP contribution in [-0.2, 0) is 5.41 Å². The lowest BCUT2D eigenvalue weighted by molar-refractivity contribution is 0.367. The van der Waals surface area contributed by atoms with Crippen molar-refractivity contribution in [2.45, 2.75) is 38.1 Å². The fourth-order valence-corrected chi connectivity index (χ4v) is 3.85. The zero-order valence-corrected chi connectivity index (χ0v) is 9.66. The summed E-state index contributed by atoms with van der Waals surface area (Å²) in [5.74, 6) is 0.708. The van der Waals surface area contributed by atoms with E-state index in [0.717, 1.165) is 0 Å². The molecule has 2 heteroatoms. The molecule has 3 rings (SSSR count). The van der Waals surface area contributed by atoms with Gasteiger partial charge in [0.05, 0.1) is 0 Å². The van der Waals surface area contributed by atoms with E-state index in [2.05, 4.69) is 30.6 Å². The molecule has 0 radical (unpaired) electrons. The normalized spacial score (nSPS) is 28.1. The second-order valence-electron chi connectivity index (χ2n) is 5.09. The van der Waals surface area contributed by atoms with Crippen molar-refractivity contribution in [2.24, 2.45) is 5.92 Å². The van der Waals surface area contributed by atoms with Gasteiger partial charge in [0.1, 0.15) is 0 Å². The van der Waals surface area contributed by atoms with Crippen LogP contribution in [0.4, 0.5) is 0 Å². The van der Waals surface area contributed by atoms with Gasteiger partial charge in [0, 0.05) is 22.9 Å². The van der Waals surface area contributed by atoms with Gasteiger partial charge in [-0.15, -0.1) is 11.3 Å². The molecular formula is C12H17NS. The highest BCUT2D eigenvalue weighted by atomic mass is 32.1. The predicted octanol–water partition coefficient (Wildman–Crippen LogP) is 3.08. The highest BCUT2D eigenvalue weighted by Gasteiger charge is 2.49. The first kappa shape index (κ1) is 8.93. The Balaban J connectivity index is 2.04. The minimum absolute atomic E-state index is 0.564. The molecule has 1 aliphatic heterocycles. The van der Waals surface area contributed by atoms with Crippen LogP contribution < -0.4 is 5.32 Å². The highest BCUT2D eigenvalue weighted by molar-refractivity contribution is 7.10. The summed E-state index contributed by atoms with van der Waals surface area (Å²) in [7, 11) is 0. The lowest BCUT2D eigenvalue weighted by atomic mass is 9.87. The molecule has 1 saturated carbocycles. The molecule has 0 bridgehead atoms. The fourth-order valence-electron chi connectivity index (χ4n) is 2.64. The number of hydrogen-bond donors (Lipinski definition) is 1. The summed E-state index contributed by atoms with van der Waals surface area (Å²) in [5, 5.41) is 5.99. The summed E-state index contributed by atoms with van der Waals surface area (Å²) in [6.45, 7) is 5.83. The van der Waals surface area contributed by atoms with Gasteiger partial charge in [0.2, 0.25) is 0 Å². The van der Waals surface area contributed by atoms with E-state index >= 15 is 0 Å². The fraction of sp³-hybridized carbons (Fsp3) is 0.667. The number of rotatable bonds is 1. The molecule has 0 aromatic carbocycles. The molecule has 76 valence electrons. The first-order valence-corrected chi connectivity index (χ1v) is 6.42. The van der Waals surface area contributed by atoms with E-state index in [0.29, 0.717) is 17.4 Å². The second-order valence-corrected chi connectivity index (χ2v) is 6.00. The smallest absolute Gasteiger partial charge is 0.0354 e. The molecule has 1 spiro atoms. The van der Waals surface area contributed by atoms with Gasteiger partial charge in [0.15, 0.2) is 0 Å². The first-order valence-electron chi connectivity index (χ1n) is 5.54.